The molecule has 2 aromatic heterocycles. The van der Waals surface area contributed by atoms with Crippen LogP contribution in [-0.4, -0.2) is 41.4 Å². The molecule has 0 saturated carbocycles. The van der Waals surface area contributed by atoms with Gasteiger partial charge in [-0.2, -0.15) is 0 Å². The minimum Gasteiger partial charge on any atom is -0.457 e. The molecule has 2 aromatic rings. The molecule has 146 valence electrons. The molecule has 0 radical (unpaired) electrons. The Bertz CT molecular complexity index is 861. The highest BCUT2D eigenvalue weighted by atomic mass is 32.1. The molecule has 0 unspecified atom stereocenters. The van der Waals surface area contributed by atoms with Gasteiger partial charge in [0, 0.05) is 23.4 Å². The van der Waals surface area contributed by atoms with Crippen LogP contribution >= 0.6 is 11.3 Å². The van der Waals surface area contributed by atoms with Gasteiger partial charge in [-0.25, -0.2) is 9.97 Å². The number of carbonyl (C=O) groups is 2. The van der Waals surface area contributed by atoms with E-state index in [1.807, 2.05) is 20.8 Å². The number of hydrogen-bond acceptors (Lipinski definition) is 7. The van der Waals surface area contributed by atoms with Gasteiger partial charge in [-0.1, -0.05) is 20.8 Å². The number of thiophene rings is 1. The van der Waals surface area contributed by atoms with Gasteiger partial charge in [-0.05, 0) is 32.3 Å². The number of Topliss-reactive ketones (excluding diaryl/α,β-unsaturated/α-hetero) is 1. The van der Waals surface area contributed by atoms with Crippen molar-refractivity contribution >= 4 is 39.1 Å². The van der Waals surface area contributed by atoms with Gasteiger partial charge in [0.2, 0.25) is 0 Å². The number of nitrogens with zero attached hydrogens (tertiary/aromatic N) is 3. The van der Waals surface area contributed by atoms with E-state index < -0.39 is 5.41 Å². The summed E-state index contributed by atoms with van der Waals surface area (Å²) in [4.78, 5) is 37.7. The van der Waals surface area contributed by atoms with Gasteiger partial charge in [0.05, 0.1) is 11.3 Å². The SMILES string of the molecule is Cc1sc2ncnc(N3CCC(C(=O)OCC(=O)C(C)(C)C)CC3)c2c1C. The van der Waals surface area contributed by atoms with Crippen molar-refractivity contribution in [2.45, 2.75) is 47.5 Å². The van der Waals surface area contributed by atoms with E-state index in [0.29, 0.717) is 12.8 Å². The largest absolute Gasteiger partial charge is 0.457 e. The van der Waals surface area contributed by atoms with Crippen LogP contribution < -0.4 is 4.90 Å². The average molecular weight is 390 g/mol. The molecular formula is C20H27N3O3S. The van der Waals surface area contributed by atoms with Crippen molar-refractivity contribution in [2.24, 2.45) is 11.3 Å². The van der Waals surface area contributed by atoms with Crippen molar-refractivity contribution in [3.8, 4) is 0 Å². The molecule has 0 N–H and O–H groups in total. The fourth-order valence-corrected chi connectivity index (χ4v) is 4.19. The van der Waals surface area contributed by atoms with E-state index in [0.717, 1.165) is 29.1 Å². The van der Waals surface area contributed by atoms with Crippen LogP contribution in [-0.2, 0) is 14.3 Å². The molecule has 0 spiro atoms. The molecule has 0 amide bonds. The van der Waals surface area contributed by atoms with Crippen LogP contribution in [0.4, 0.5) is 5.82 Å². The first-order valence-corrected chi connectivity index (χ1v) is 10.2. The summed E-state index contributed by atoms with van der Waals surface area (Å²) >= 11 is 1.69. The monoisotopic (exact) mass is 389 g/mol. The van der Waals surface area contributed by atoms with Gasteiger partial charge in [0.25, 0.3) is 0 Å². The van der Waals surface area contributed by atoms with Crippen molar-refractivity contribution in [2.75, 3.05) is 24.6 Å². The average Bonchev–Trinajstić information content (AvgIpc) is 2.93. The molecule has 1 aliphatic rings. The van der Waals surface area contributed by atoms with Crippen LogP contribution in [0.2, 0.25) is 0 Å². The molecule has 0 atom stereocenters. The summed E-state index contributed by atoms with van der Waals surface area (Å²) in [5, 5.41) is 1.12. The Balaban J connectivity index is 1.63. The van der Waals surface area contributed by atoms with E-state index in [1.165, 1.54) is 10.4 Å². The van der Waals surface area contributed by atoms with Gasteiger partial charge in [-0.15, -0.1) is 11.3 Å². The molecule has 3 rings (SSSR count). The number of esters is 1. The van der Waals surface area contributed by atoms with Gasteiger partial charge < -0.3 is 9.64 Å². The Morgan fingerprint density at radius 2 is 1.89 bits per heavy atom. The summed E-state index contributed by atoms with van der Waals surface area (Å²) < 4.78 is 5.27. The smallest absolute Gasteiger partial charge is 0.309 e. The zero-order valence-electron chi connectivity index (χ0n) is 16.7. The minimum atomic E-state index is -0.488. The fraction of sp³-hybridized carbons (Fsp3) is 0.600. The molecular weight excluding hydrogens is 362 g/mol. The Kier molecular flexibility index (Phi) is 5.51. The summed E-state index contributed by atoms with van der Waals surface area (Å²) in [6.07, 6.45) is 3.03. The van der Waals surface area contributed by atoms with Crippen LogP contribution in [0.5, 0.6) is 0 Å². The minimum absolute atomic E-state index is 0.0556. The maximum absolute atomic E-state index is 12.3. The lowest BCUT2D eigenvalue weighted by molar-refractivity contribution is -0.154. The number of anilines is 1. The molecule has 0 aliphatic carbocycles. The normalized spacial score (nSPS) is 16.0. The summed E-state index contributed by atoms with van der Waals surface area (Å²) in [5.41, 5.74) is 0.742. The Morgan fingerprint density at radius 3 is 2.52 bits per heavy atom. The van der Waals surface area contributed by atoms with Crippen LogP contribution in [0.1, 0.15) is 44.1 Å². The first-order chi connectivity index (χ1) is 12.7. The van der Waals surface area contributed by atoms with Gasteiger partial charge in [0.1, 0.15) is 17.0 Å². The number of ether oxygens (including phenoxy) is 1. The third-order valence-corrected chi connectivity index (χ3v) is 6.37. The predicted octanol–water partition coefficient (Wildman–Crippen LogP) is 3.68. The van der Waals surface area contributed by atoms with E-state index >= 15 is 0 Å². The Labute approximate surface area is 163 Å². The maximum Gasteiger partial charge on any atom is 0.309 e. The molecule has 1 saturated heterocycles. The van der Waals surface area contributed by atoms with Crippen molar-refractivity contribution in [3.63, 3.8) is 0 Å². The zero-order valence-corrected chi connectivity index (χ0v) is 17.5. The zero-order chi connectivity index (χ0) is 19.8. The van der Waals surface area contributed by atoms with E-state index in [-0.39, 0.29) is 24.3 Å². The van der Waals surface area contributed by atoms with E-state index in [1.54, 1.807) is 17.7 Å². The quantitative estimate of drug-likeness (QED) is 0.743. The Hall–Kier alpha value is -2.02. The number of aromatic nitrogens is 2. The summed E-state index contributed by atoms with van der Waals surface area (Å²) in [5.74, 6) is 0.482. The van der Waals surface area contributed by atoms with Crippen LogP contribution in [0, 0.1) is 25.2 Å². The lowest BCUT2D eigenvalue weighted by Crippen LogP contribution is -2.38. The molecule has 0 aromatic carbocycles. The highest BCUT2D eigenvalue weighted by Crippen LogP contribution is 2.35. The first-order valence-electron chi connectivity index (χ1n) is 9.34. The standard InChI is InChI=1S/C20H27N3O3S/c1-12-13(2)27-18-16(12)17(21-11-22-18)23-8-6-14(7-9-23)19(25)26-10-15(24)20(3,4)5/h11,14H,6-10H2,1-5H3. The van der Waals surface area contributed by atoms with Crippen LogP contribution in [0.25, 0.3) is 10.2 Å². The summed E-state index contributed by atoms with van der Waals surface area (Å²) in [6, 6.07) is 0. The van der Waals surface area contributed by atoms with Gasteiger partial charge >= 0.3 is 5.97 Å². The maximum atomic E-state index is 12.3. The molecule has 0 bridgehead atoms. The third-order valence-electron chi connectivity index (χ3n) is 5.26. The second-order valence-electron chi connectivity index (χ2n) is 8.20. The van der Waals surface area contributed by atoms with Gasteiger partial charge in [-0.3, -0.25) is 9.59 Å². The predicted molar refractivity (Wildman–Crippen MR) is 107 cm³/mol. The number of fused-ring (bicyclic) bond motifs is 1. The van der Waals surface area contributed by atoms with Gasteiger partial charge in [0.15, 0.2) is 12.4 Å². The molecule has 3 heterocycles. The second-order valence-corrected chi connectivity index (χ2v) is 9.41. The van der Waals surface area contributed by atoms with Crippen molar-refractivity contribution in [3.05, 3.63) is 16.8 Å². The number of rotatable bonds is 4. The number of aryl methyl sites for hydroxylation is 2. The molecule has 1 fully saturated rings. The molecule has 6 nitrogen and oxygen atoms in total. The van der Waals surface area contributed by atoms with E-state index in [4.69, 9.17) is 4.74 Å². The summed E-state index contributed by atoms with van der Waals surface area (Å²) in [6.45, 7) is 11.1. The van der Waals surface area contributed by atoms with Crippen molar-refractivity contribution in [1.29, 1.82) is 0 Å². The number of piperidine rings is 1. The van der Waals surface area contributed by atoms with E-state index in [9.17, 15) is 9.59 Å². The number of carbonyl (C=O) groups excluding carboxylic acids is 2. The Morgan fingerprint density at radius 1 is 1.22 bits per heavy atom. The van der Waals surface area contributed by atoms with Crippen LogP contribution in [0.3, 0.4) is 0 Å². The molecule has 7 heteroatoms. The number of hydrogen-bond donors (Lipinski definition) is 0. The summed E-state index contributed by atoms with van der Waals surface area (Å²) in [7, 11) is 0. The third kappa shape index (κ3) is 4.13. The highest BCUT2D eigenvalue weighted by molar-refractivity contribution is 7.18. The molecule has 27 heavy (non-hydrogen) atoms. The topological polar surface area (TPSA) is 72.4 Å². The second kappa shape index (κ2) is 7.54. The lowest BCUT2D eigenvalue weighted by Gasteiger charge is -2.32. The van der Waals surface area contributed by atoms with Crippen LogP contribution in [0.15, 0.2) is 6.33 Å². The molecule has 1 aliphatic heterocycles. The van der Waals surface area contributed by atoms with Crippen molar-refractivity contribution < 1.29 is 14.3 Å². The fourth-order valence-electron chi connectivity index (χ4n) is 3.20. The van der Waals surface area contributed by atoms with Crippen molar-refractivity contribution in [1.82, 2.24) is 9.97 Å². The number of ketones is 1. The van der Waals surface area contributed by atoms with E-state index in [2.05, 4.69) is 28.7 Å². The highest BCUT2D eigenvalue weighted by Gasteiger charge is 2.30. The first kappa shape index (κ1) is 19.7. The lowest BCUT2D eigenvalue weighted by atomic mass is 9.91.